The summed E-state index contributed by atoms with van der Waals surface area (Å²) in [5, 5.41) is 31.8. The van der Waals surface area contributed by atoms with Crippen molar-refractivity contribution in [2.45, 2.75) is 6.61 Å². The van der Waals surface area contributed by atoms with Crippen LogP contribution in [0.3, 0.4) is 0 Å². The Bertz CT molecular complexity index is 1110. The SMILES string of the molecule is O=C(O)c1c(Nc2ccc(CO)cc2)oc(C=C2C=Nc3ncccc32)c1O. The fraction of sp³-hybridized carbons (Fsp3) is 0.0500. The number of aliphatic hydroxyl groups excluding tert-OH is 1. The second kappa shape index (κ2) is 7.01. The Morgan fingerprint density at radius 1 is 1.21 bits per heavy atom. The van der Waals surface area contributed by atoms with Gasteiger partial charge in [0.05, 0.1) is 6.61 Å². The third-order valence-corrected chi connectivity index (χ3v) is 4.23. The summed E-state index contributed by atoms with van der Waals surface area (Å²) in [5.74, 6) is -1.39. The van der Waals surface area contributed by atoms with Crippen molar-refractivity contribution in [1.29, 1.82) is 0 Å². The normalized spacial score (nSPS) is 13.7. The molecule has 1 aliphatic heterocycles. The van der Waals surface area contributed by atoms with Gasteiger partial charge in [-0.05, 0) is 35.9 Å². The number of rotatable bonds is 5. The van der Waals surface area contributed by atoms with E-state index in [1.165, 1.54) is 6.08 Å². The lowest BCUT2D eigenvalue weighted by molar-refractivity contribution is 0.0695. The molecule has 3 heterocycles. The lowest BCUT2D eigenvalue weighted by Gasteiger charge is -2.05. The van der Waals surface area contributed by atoms with E-state index in [-0.39, 0.29) is 23.8 Å². The molecule has 28 heavy (non-hydrogen) atoms. The lowest BCUT2D eigenvalue weighted by Crippen LogP contribution is -2.00. The van der Waals surface area contributed by atoms with Crippen LogP contribution in [-0.2, 0) is 6.61 Å². The highest BCUT2D eigenvalue weighted by Gasteiger charge is 2.26. The second-order valence-electron chi connectivity index (χ2n) is 6.04. The average Bonchev–Trinajstić information content (AvgIpc) is 3.24. The van der Waals surface area contributed by atoms with Crippen LogP contribution in [-0.4, -0.2) is 32.5 Å². The second-order valence-corrected chi connectivity index (χ2v) is 6.04. The van der Waals surface area contributed by atoms with Crippen molar-refractivity contribution in [3.8, 4) is 5.75 Å². The number of hydrogen-bond acceptors (Lipinski definition) is 7. The standard InChI is InChI=1S/C20H15N3O5/c24-10-11-3-5-13(6-4-11)23-19-16(20(26)27)17(25)15(28-19)8-12-9-22-18-14(12)2-1-7-21-18/h1-9,23-25H,10H2,(H,26,27). The Morgan fingerprint density at radius 3 is 2.71 bits per heavy atom. The van der Waals surface area contributed by atoms with Crippen LogP contribution in [0.1, 0.15) is 27.2 Å². The van der Waals surface area contributed by atoms with E-state index in [1.807, 2.05) is 6.07 Å². The van der Waals surface area contributed by atoms with Crippen LogP contribution in [0.2, 0.25) is 0 Å². The van der Waals surface area contributed by atoms with Gasteiger partial charge in [-0.15, -0.1) is 0 Å². The van der Waals surface area contributed by atoms with Crippen LogP contribution in [0.4, 0.5) is 17.4 Å². The van der Waals surface area contributed by atoms with Gasteiger partial charge in [0.2, 0.25) is 5.88 Å². The molecule has 140 valence electrons. The molecule has 1 aromatic carbocycles. The molecule has 0 radical (unpaired) electrons. The highest BCUT2D eigenvalue weighted by atomic mass is 16.4. The van der Waals surface area contributed by atoms with Gasteiger partial charge in [0.25, 0.3) is 0 Å². The number of anilines is 2. The first kappa shape index (κ1) is 17.5. The van der Waals surface area contributed by atoms with Crippen molar-refractivity contribution in [3.05, 3.63) is 65.0 Å². The van der Waals surface area contributed by atoms with Gasteiger partial charge in [-0.1, -0.05) is 12.1 Å². The topological polar surface area (TPSA) is 128 Å². The number of nitrogens with one attached hydrogen (secondary N) is 1. The van der Waals surface area contributed by atoms with E-state index >= 15 is 0 Å². The van der Waals surface area contributed by atoms with Crippen LogP contribution in [0.5, 0.6) is 5.75 Å². The number of benzene rings is 1. The number of fused-ring (bicyclic) bond motifs is 1. The predicted molar refractivity (Wildman–Crippen MR) is 103 cm³/mol. The Balaban J connectivity index is 1.72. The molecule has 4 N–H and O–H groups in total. The Labute approximate surface area is 159 Å². The summed E-state index contributed by atoms with van der Waals surface area (Å²) in [6.07, 6.45) is 4.70. The monoisotopic (exact) mass is 377 g/mol. The molecule has 0 saturated carbocycles. The van der Waals surface area contributed by atoms with Crippen LogP contribution in [0.15, 0.2) is 52.0 Å². The summed E-state index contributed by atoms with van der Waals surface area (Å²) < 4.78 is 5.59. The van der Waals surface area contributed by atoms with Crippen molar-refractivity contribution in [2.24, 2.45) is 4.99 Å². The molecule has 2 aromatic heterocycles. The van der Waals surface area contributed by atoms with Gasteiger partial charge in [-0.25, -0.2) is 14.8 Å². The number of furan rings is 1. The largest absolute Gasteiger partial charge is 0.504 e. The van der Waals surface area contributed by atoms with E-state index in [0.717, 1.165) is 5.56 Å². The maximum atomic E-state index is 11.6. The van der Waals surface area contributed by atoms with Gasteiger partial charge in [-0.2, -0.15) is 0 Å². The molecule has 1 aliphatic rings. The molecule has 0 amide bonds. The molecule has 0 atom stereocenters. The van der Waals surface area contributed by atoms with Crippen LogP contribution in [0.25, 0.3) is 11.6 Å². The van der Waals surface area contributed by atoms with Crippen LogP contribution >= 0.6 is 0 Å². The van der Waals surface area contributed by atoms with Gasteiger partial charge >= 0.3 is 5.97 Å². The zero-order valence-electron chi connectivity index (χ0n) is 14.5. The van der Waals surface area contributed by atoms with Crippen molar-refractivity contribution < 1.29 is 24.5 Å². The number of hydrogen-bond donors (Lipinski definition) is 4. The van der Waals surface area contributed by atoms with Gasteiger partial charge in [-0.3, -0.25) is 0 Å². The molecular weight excluding hydrogens is 362 g/mol. The van der Waals surface area contributed by atoms with E-state index < -0.39 is 11.7 Å². The molecule has 0 fully saturated rings. The third-order valence-electron chi connectivity index (χ3n) is 4.23. The summed E-state index contributed by atoms with van der Waals surface area (Å²) in [4.78, 5) is 19.9. The first-order valence-electron chi connectivity index (χ1n) is 8.34. The Kier molecular flexibility index (Phi) is 4.38. The summed E-state index contributed by atoms with van der Waals surface area (Å²) in [5.41, 5.74) is 2.28. The number of aromatic hydroxyl groups is 1. The summed E-state index contributed by atoms with van der Waals surface area (Å²) in [7, 11) is 0. The molecule has 0 bridgehead atoms. The molecule has 8 nitrogen and oxygen atoms in total. The summed E-state index contributed by atoms with van der Waals surface area (Å²) in [6, 6.07) is 10.3. The van der Waals surface area contributed by atoms with Gasteiger partial charge in [0.15, 0.2) is 22.9 Å². The zero-order valence-corrected chi connectivity index (χ0v) is 14.5. The minimum atomic E-state index is -1.33. The maximum Gasteiger partial charge on any atom is 0.345 e. The molecule has 0 aliphatic carbocycles. The smallest absolute Gasteiger partial charge is 0.345 e. The first-order chi connectivity index (χ1) is 13.6. The van der Waals surface area contributed by atoms with Crippen molar-refractivity contribution in [2.75, 3.05) is 5.32 Å². The molecular formula is C20H15N3O5. The molecule has 0 spiro atoms. The van der Waals surface area contributed by atoms with E-state index in [2.05, 4.69) is 15.3 Å². The number of carboxylic acids is 1. The quantitative estimate of drug-likeness (QED) is 0.535. The van der Waals surface area contributed by atoms with Gasteiger partial charge < -0.3 is 25.1 Å². The predicted octanol–water partition coefficient (Wildman–Crippen LogP) is 3.57. The van der Waals surface area contributed by atoms with E-state index in [1.54, 1.807) is 42.7 Å². The average molecular weight is 377 g/mol. The number of carboxylic acid groups (broad SMARTS) is 1. The minimum absolute atomic E-state index is 0.00923. The third kappa shape index (κ3) is 3.12. The highest BCUT2D eigenvalue weighted by molar-refractivity contribution is 6.21. The molecule has 3 aromatic rings. The summed E-state index contributed by atoms with van der Waals surface area (Å²) in [6.45, 7) is -0.0994. The zero-order chi connectivity index (χ0) is 19.7. The molecule has 8 heteroatoms. The Hall–Kier alpha value is -3.91. The molecule has 0 unspecified atom stereocenters. The number of allylic oxidation sites excluding steroid dienone is 1. The maximum absolute atomic E-state index is 11.6. The lowest BCUT2D eigenvalue weighted by atomic mass is 10.1. The Morgan fingerprint density at radius 2 is 2.00 bits per heavy atom. The van der Waals surface area contributed by atoms with Crippen molar-refractivity contribution in [3.63, 3.8) is 0 Å². The number of nitrogens with zero attached hydrogens (tertiary/aromatic N) is 2. The van der Waals surface area contributed by atoms with Crippen molar-refractivity contribution in [1.82, 2.24) is 4.98 Å². The van der Waals surface area contributed by atoms with E-state index in [0.29, 0.717) is 22.6 Å². The number of aliphatic imine (C=N–C) groups is 1. The van der Waals surface area contributed by atoms with Crippen LogP contribution in [0, 0.1) is 0 Å². The molecule has 0 saturated heterocycles. The number of aromatic carboxylic acids is 1. The van der Waals surface area contributed by atoms with E-state index in [9.17, 15) is 15.0 Å². The van der Waals surface area contributed by atoms with Gasteiger partial charge in [0, 0.05) is 29.2 Å². The van der Waals surface area contributed by atoms with Gasteiger partial charge in [0.1, 0.15) is 0 Å². The fourth-order valence-corrected chi connectivity index (χ4v) is 2.83. The highest BCUT2D eigenvalue weighted by Crippen LogP contribution is 2.38. The first-order valence-corrected chi connectivity index (χ1v) is 8.34. The van der Waals surface area contributed by atoms with Crippen molar-refractivity contribution >= 4 is 41.2 Å². The number of aliphatic hydroxyl groups is 1. The minimum Gasteiger partial charge on any atom is -0.504 e. The van der Waals surface area contributed by atoms with Crippen LogP contribution < -0.4 is 5.32 Å². The van der Waals surface area contributed by atoms with E-state index in [4.69, 9.17) is 9.52 Å². The fourth-order valence-electron chi connectivity index (χ4n) is 2.83. The number of pyridine rings is 1. The summed E-state index contributed by atoms with van der Waals surface area (Å²) >= 11 is 0. The molecule has 4 rings (SSSR count). The number of aromatic nitrogens is 1. The number of carbonyl (C=O) groups is 1.